The molecular formula is C16H21F3N2O3. The highest BCUT2D eigenvalue weighted by Crippen LogP contribution is 2.35. The van der Waals surface area contributed by atoms with E-state index in [1.165, 1.54) is 23.1 Å². The van der Waals surface area contributed by atoms with Crippen LogP contribution in [0.3, 0.4) is 0 Å². The first-order chi connectivity index (χ1) is 11.3. The number of benzene rings is 1. The summed E-state index contributed by atoms with van der Waals surface area (Å²) in [6, 6.07) is 4.83. The average Bonchev–Trinajstić information content (AvgIpc) is 3.06. The minimum atomic E-state index is -4.52. The molecule has 0 saturated carbocycles. The minimum Gasteiger partial charge on any atom is -0.490 e. The van der Waals surface area contributed by atoms with Crippen LogP contribution in [0.15, 0.2) is 24.3 Å². The average molecular weight is 346 g/mol. The predicted molar refractivity (Wildman–Crippen MR) is 81.6 cm³/mol. The van der Waals surface area contributed by atoms with Crippen molar-refractivity contribution in [2.45, 2.75) is 18.7 Å². The molecule has 134 valence electrons. The molecule has 2 N–H and O–H groups in total. The Morgan fingerprint density at radius 3 is 2.79 bits per heavy atom. The van der Waals surface area contributed by atoms with E-state index in [9.17, 15) is 23.1 Å². The highest BCUT2D eigenvalue weighted by Gasteiger charge is 2.34. The summed E-state index contributed by atoms with van der Waals surface area (Å²) in [5.74, 6) is -0.540. The van der Waals surface area contributed by atoms with Gasteiger partial charge in [-0.2, -0.15) is 13.2 Å². The second-order valence-corrected chi connectivity index (χ2v) is 5.87. The first-order valence-corrected chi connectivity index (χ1v) is 7.72. The molecule has 1 fully saturated rings. The third-order valence-electron chi connectivity index (χ3n) is 3.89. The van der Waals surface area contributed by atoms with Gasteiger partial charge in [0.1, 0.15) is 18.5 Å². The molecule has 0 aliphatic carbocycles. The molecule has 24 heavy (non-hydrogen) atoms. The zero-order chi connectivity index (χ0) is 17.7. The predicted octanol–water partition coefficient (Wildman–Crippen LogP) is 1.51. The second-order valence-electron chi connectivity index (χ2n) is 5.87. The molecule has 1 aromatic carbocycles. The first kappa shape index (κ1) is 18.5. The number of halogens is 3. The molecule has 0 radical (unpaired) electrons. The van der Waals surface area contributed by atoms with Crippen molar-refractivity contribution in [3.8, 4) is 5.75 Å². The van der Waals surface area contributed by atoms with Gasteiger partial charge in [0.05, 0.1) is 11.5 Å². The Bertz CT molecular complexity index is 560. The van der Waals surface area contributed by atoms with Crippen molar-refractivity contribution in [1.29, 1.82) is 0 Å². The fraction of sp³-hybridized carbons (Fsp3) is 0.562. The van der Waals surface area contributed by atoms with E-state index in [1.807, 2.05) is 0 Å². The van der Waals surface area contributed by atoms with E-state index in [0.717, 1.165) is 19.0 Å². The topological polar surface area (TPSA) is 61.8 Å². The maximum absolute atomic E-state index is 12.9. The molecule has 0 spiro atoms. The Morgan fingerprint density at radius 1 is 1.46 bits per heavy atom. The van der Waals surface area contributed by atoms with Crippen LogP contribution in [0, 0.1) is 5.92 Å². The molecule has 0 aromatic heterocycles. The Morgan fingerprint density at radius 2 is 2.17 bits per heavy atom. The number of alkyl halides is 3. The zero-order valence-electron chi connectivity index (χ0n) is 13.3. The maximum atomic E-state index is 12.9. The van der Waals surface area contributed by atoms with Crippen LogP contribution < -0.4 is 10.1 Å². The molecule has 1 aliphatic rings. The normalized spacial score (nSPS) is 19.1. The van der Waals surface area contributed by atoms with Gasteiger partial charge < -0.3 is 20.1 Å². The number of amides is 1. The number of rotatable bonds is 6. The standard InChI is InChI=1S/C16H21F3N2O3/c1-21(15(23)11-6-7-20-8-11)9-12(22)10-24-14-5-3-2-4-13(14)16(17,18)19/h2-5,11-12,20,22H,6-10H2,1H3. The lowest BCUT2D eigenvalue weighted by atomic mass is 10.1. The van der Waals surface area contributed by atoms with Crippen LogP contribution in [0.25, 0.3) is 0 Å². The molecule has 1 aromatic rings. The van der Waals surface area contributed by atoms with Crippen LogP contribution in [-0.2, 0) is 11.0 Å². The number of para-hydroxylation sites is 1. The second kappa shape index (κ2) is 7.85. The van der Waals surface area contributed by atoms with Crippen molar-refractivity contribution >= 4 is 5.91 Å². The Labute approximate surface area is 138 Å². The zero-order valence-corrected chi connectivity index (χ0v) is 13.3. The number of carbonyl (C=O) groups is 1. The van der Waals surface area contributed by atoms with Crippen LogP contribution in [0.1, 0.15) is 12.0 Å². The number of carbonyl (C=O) groups excluding carboxylic acids is 1. The number of nitrogens with one attached hydrogen (secondary N) is 1. The van der Waals surface area contributed by atoms with Crippen molar-refractivity contribution in [3.05, 3.63) is 29.8 Å². The van der Waals surface area contributed by atoms with Crippen LogP contribution in [0.2, 0.25) is 0 Å². The van der Waals surface area contributed by atoms with Crippen LogP contribution in [0.4, 0.5) is 13.2 Å². The number of likely N-dealkylation sites (N-methyl/N-ethyl adjacent to an activating group) is 1. The van der Waals surface area contributed by atoms with Crippen molar-refractivity contribution < 1.29 is 27.8 Å². The summed E-state index contributed by atoms with van der Waals surface area (Å²) in [5.41, 5.74) is -0.890. The third kappa shape index (κ3) is 4.85. The highest BCUT2D eigenvalue weighted by molar-refractivity contribution is 5.79. The van der Waals surface area contributed by atoms with E-state index in [0.29, 0.717) is 6.54 Å². The number of aliphatic hydroxyl groups is 1. The fourth-order valence-corrected chi connectivity index (χ4v) is 2.65. The van der Waals surface area contributed by atoms with Gasteiger partial charge in [0, 0.05) is 20.1 Å². The maximum Gasteiger partial charge on any atom is 0.419 e. The van der Waals surface area contributed by atoms with E-state index in [1.54, 1.807) is 7.05 Å². The Kier molecular flexibility index (Phi) is 6.06. The smallest absolute Gasteiger partial charge is 0.419 e. The van der Waals surface area contributed by atoms with Crippen LogP contribution in [-0.4, -0.2) is 55.3 Å². The van der Waals surface area contributed by atoms with Crippen molar-refractivity contribution in [2.75, 3.05) is 33.3 Å². The molecule has 8 heteroatoms. The van der Waals surface area contributed by atoms with Gasteiger partial charge >= 0.3 is 6.18 Å². The lowest BCUT2D eigenvalue weighted by Crippen LogP contribution is -2.40. The molecule has 1 amide bonds. The largest absolute Gasteiger partial charge is 0.490 e. The van der Waals surface area contributed by atoms with Gasteiger partial charge in [-0.05, 0) is 25.1 Å². The van der Waals surface area contributed by atoms with Gasteiger partial charge in [0.15, 0.2) is 0 Å². The SMILES string of the molecule is CN(CC(O)COc1ccccc1C(F)(F)F)C(=O)C1CCNC1. The number of hydrogen-bond donors (Lipinski definition) is 2. The van der Waals surface area contributed by atoms with E-state index < -0.39 is 17.8 Å². The fourth-order valence-electron chi connectivity index (χ4n) is 2.65. The Hall–Kier alpha value is -1.80. The lowest BCUT2D eigenvalue weighted by molar-refractivity contribution is -0.139. The number of aliphatic hydroxyl groups excluding tert-OH is 1. The minimum absolute atomic E-state index is 0.00349. The van der Waals surface area contributed by atoms with Crippen LogP contribution in [0.5, 0.6) is 5.75 Å². The molecule has 2 rings (SSSR count). The summed E-state index contributed by atoms with van der Waals surface area (Å²) in [6.45, 7) is 1.07. The molecule has 2 atom stereocenters. The summed E-state index contributed by atoms with van der Waals surface area (Å²) >= 11 is 0. The van der Waals surface area contributed by atoms with Gasteiger partial charge in [-0.3, -0.25) is 4.79 Å². The molecular weight excluding hydrogens is 325 g/mol. The van der Waals surface area contributed by atoms with E-state index in [-0.39, 0.29) is 30.7 Å². The van der Waals surface area contributed by atoms with Gasteiger partial charge in [0.2, 0.25) is 5.91 Å². The Balaban J connectivity index is 1.87. The summed E-state index contributed by atoms with van der Waals surface area (Å²) < 4.78 is 43.7. The van der Waals surface area contributed by atoms with Crippen molar-refractivity contribution in [3.63, 3.8) is 0 Å². The van der Waals surface area contributed by atoms with E-state index >= 15 is 0 Å². The van der Waals surface area contributed by atoms with Crippen molar-refractivity contribution in [2.24, 2.45) is 5.92 Å². The quantitative estimate of drug-likeness (QED) is 0.820. The summed E-state index contributed by atoms with van der Waals surface area (Å²) in [4.78, 5) is 13.5. The lowest BCUT2D eigenvalue weighted by Gasteiger charge is -2.24. The van der Waals surface area contributed by atoms with E-state index in [2.05, 4.69) is 5.32 Å². The van der Waals surface area contributed by atoms with Gasteiger partial charge in [-0.15, -0.1) is 0 Å². The highest BCUT2D eigenvalue weighted by atomic mass is 19.4. The molecule has 1 heterocycles. The third-order valence-corrected chi connectivity index (χ3v) is 3.89. The number of hydrogen-bond acceptors (Lipinski definition) is 4. The number of ether oxygens (including phenoxy) is 1. The number of nitrogens with zero attached hydrogens (tertiary/aromatic N) is 1. The van der Waals surface area contributed by atoms with Crippen LogP contribution >= 0.6 is 0 Å². The first-order valence-electron chi connectivity index (χ1n) is 7.72. The van der Waals surface area contributed by atoms with Gasteiger partial charge in [0.25, 0.3) is 0 Å². The monoisotopic (exact) mass is 346 g/mol. The van der Waals surface area contributed by atoms with Crippen molar-refractivity contribution in [1.82, 2.24) is 10.2 Å². The molecule has 1 saturated heterocycles. The molecule has 1 aliphatic heterocycles. The molecule has 5 nitrogen and oxygen atoms in total. The summed E-state index contributed by atoms with van der Waals surface area (Å²) in [7, 11) is 1.56. The van der Waals surface area contributed by atoms with E-state index in [4.69, 9.17) is 4.74 Å². The summed E-state index contributed by atoms with van der Waals surface area (Å²) in [6.07, 6.45) is -4.85. The van der Waals surface area contributed by atoms with Gasteiger partial charge in [-0.1, -0.05) is 12.1 Å². The molecule has 0 bridgehead atoms. The summed E-state index contributed by atoms with van der Waals surface area (Å²) in [5, 5.41) is 13.0. The molecule has 2 unspecified atom stereocenters. The van der Waals surface area contributed by atoms with Gasteiger partial charge in [-0.25, -0.2) is 0 Å².